The molecular weight excluding hydrogens is 118 g/mol. The van der Waals surface area contributed by atoms with Gasteiger partial charge in [-0.2, -0.15) is 4.37 Å². The normalized spacial score (nSPS) is 9.75. The first-order valence-electron chi connectivity index (χ1n) is 2.74. The fourth-order valence-corrected chi connectivity index (χ4v) is 1.44. The maximum atomic E-state index is 4.13. The summed E-state index contributed by atoms with van der Waals surface area (Å²) < 4.78 is 4.13. The Balaban J connectivity index is 2.92. The summed E-state index contributed by atoms with van der Waals surface area (Å²) in [7, 11) is 0. The molecule has 1 nitrogen and oxygen atoms in total. The van der Waals surface area contributed by atoms with Crippen LogP contribution in [0.4, 0.5) is 0 Å². The quantitative estimate of drug-likeness (QED) is 0.562. The number of hydrogen-bond donors (Lipinski definition) is 0. The summed E-state index contributed by atoms with van der Waals surface area (Å²) in [6, 6.07) is 0. The molecule has 0 aliphatic rings. The average molecular weight is 127 g/mol. The Bertz CT molecular complexity index is 169. The zero-order valence-corrected chi connectivity index (χ0v) is 5.96. The lowest BCUT2D eigenvalue weighted by atomic mass is 10.2. The topological polar surface area (TPSA) is 12.9 Å². The Hall–Kier alpha value is -0.370. The van der Waals surface area contributed by atoms with E-state index >= 15 is 0 Å². The van der Waals surface area contributed by atoms with Crippen molar-refractivity contribution < 1.29 is 0 Å². The number of nitrogens with zero attached hydrogens (tertiary/aromatic N) is 1. The molecule has 0 saturated heterocycles. The van der Waals surface area contributed by atoms with Crippen LogP contribution in [-0.4, -0.2) is 4.37 Å². The summed E-state index contributed by atoms with van der Waals surface area (Å²) in [5.74, 6) is 0. The molecule has 0 radical (unpaired) electrons. The molecule has 1 heterocycles. The fourth-order valence-electron chi connectivity index (χ4n) is 0.652. The molecule has 0 spiro atoms. The van der Waals surface area contributed by atoms with E-state index in [1.54, 1.807) is 11.5 Å². The smallest absolute Gasteiger partial charge is 0.0543 e. The van der Waals surface area contributed by atoms with Crippen molar-refractivity contribution in [1.82, 2.24) is 4.37 Å². The number of hydrogen-bond acceptors (Lipinski definition) is 2. The van der Waals surface area contributed by atoms with Crippen molar-refractivity contribution in [3.05, 3.63) is 16.6 Å². The first-order chi connectivity index (χ1) is 3.84. The third-order valence-electron chi connectivity index (χ3n) is 1.23. The van der Waals surface area contributed by atoms with Gasteiger partial charge in [0.05, 0.1) is 5.69 Å². The van der Waals surface area contributed by atoms with Gasteiger partial charge in [-0.1, -0.05) is 6.92 Å². The zero-order chi connectivity index (χ0) is 5.98. The van der Waals surface area contributed by atoms with E-state index in [0.29, 0.717) is 0 Å². The standard InChI is InChI=1S/C6H9NS/c1-3-6-4-8-7-5(6)2/h4H,3H2,1-2H3. The number of aromatic nitrogens is 1. The van der Waals surface area contributed by atoms with Gasteiger partial charge >= 0.3 is 0 Å². The minimum atomic E-state index is 1.11. The van der Waals surface area contributed by atoms with Gasteiger partial charge in [-0.25, -0.2) is 0 Å². The lowest BCUT2D eigenvalue weighted by Gasteiger charge is -1.85. The lowest BCUT2D eigenvalue weighted by Crippen LogP contribution is -1.77. The van der Waals surface area contributed by atoms with Gasteiger partial charge in [0.2, 0.25) is 0 Å². The number of aryl methyl sites for hydroxylation is 2. The van der Waals surface area contributed by atoms with Crippen molar-refractivity contribution in [3.8, 4) is 0 Å². The van der Waals surface area contributed by atoms with Crippen molar-refractivity contribution in [2.45, 2.75) is 20.3 Å². The first kappa shape index (κ1) is 5.76. The van der Waals surface area contributed by atoms with Crippen LogP contribution in [-0.2, 0) is 6.42 Å². The highest BCUT2D eigenvalue weighted by atomic mass is 32.1. The Morgan fingerprint density at radius 2 is 2.50 bits per heavy atom. The summed E-state index contributed by atoms with van der Waals surface area (Å²) in [6.07, 6.45) is 1.11. The van der Waals surface area contributed by atoms with Crippen molar-refractivity contribution in [1.29, 1.82) is 0 Å². The summed E-state index contributed by atoms with van der Waals surface area (Å²) in [5, 5.41) is 2.11. The maximum absolute atomic E-state index is 4.13. The molecule has 1 aromatic rings. The molecule has 0 atom stereocenters. The molecule has 1 rings (SSSR count). The van der Waals surface area contributed by atoms with Gasteiger partial charge in [-0.3, -0.25) is 0 Å². The molecular formula is C6H9NS. The van der Waals surface area contributed by atoms with E-state index in [1.807, 2.05) is 0 Å². The van der Waals surface area contributed by atoms with Crippen LogP contribution in [0.5, 0.6) is 0 Å². The largest absolute Gasteiger partial charge is 0.198 e. The average Bonchev–Trinajstić information content (AvgIpc) is 2.14. The predicted molar refractivity (Wildman–Crippen MR) is 36.2 cm³/mol. The van der Waals surface area contributed by atoms with Crippen LogP contribution in [0, 0.1) is 6.92 Å². The Morgan fingerprint density at radius 1 is 1.75 bits per heavy atom. The molecule has 0 N–H and O–H groups in total. The van der Waals surface area contributed by atoms with Gasteiger partial charge in [0.1, 0.15) is 0 Å². The van der Waals surface area contributed by atoms with Gasteiger partial charge in [0, 0.05) is 5.38 Å². The molecule has 0 saturated carbocycles. The van der Waals surface area contributed by atoms with Crippen molar-refractivity contribution in [3.63, 3.8) is 0 Å². The van der Waals surface area contributed by atoms with E-state index < -0.39 is 0 Å². The van der Waals surface area contributed by atoms with E-state index in [0.717, 1.165) is 6.42 Å². The summed E-state index contributed by atoms with van der Waals surface area (Å²) in [5.41, 5.74) is 2.58. The highest BCUT2D eigenvalue weighted by Gasteiger charge is 1.94. The van der Waals surface area contributed by atoms with E-state index in [-0.39, 0.29) is 0 Å². The molecule has 2 heteroatoms. The van der Waals surface area contributed by atoms with Crippen LogP contribution in [0.2, 0.25) is 0 Å². The minimum Gasteiger partial charge on any atom is -0.198 e. The maximum Gasteiger partial charge on any atom is 0.0543 e. The SMILES string of the molecule is CCc1csnc1C. The van der Waals surface area contributed by atoms with Crippen LogP contribution < -0.4 is 0 Å². The fraction of sp³-hybridized carbons (Fsp3) is 0.500. The molecule has 0 amide bonds. The van der Waals surface area contributed by atoms with Crippen LogP contribution in [0.1, 0.15) is 18.2 Å². The second-order valence-corrected chi connectivity index (χ2v) is 2.41. The van der Waals surface area contributed by atoms with Crippen LogP contribution in [0.15, 0.2) is 5.38 Å². The Labute approximate surface area is 53.5 Å². The second-order valence-electron chi connectivity index (χ2n) is 1.78. The lowest BCUT2D eigenvalue weighted by molar-refractivity contribution is 1.10. The van der Waals surface area contributed by atoms with Gasteiger partial charge in [0.25, 0.3) is 0 Å². The van der Waals surface area contributed by atoms with E-state index in [9.17, 15) is 0 Å². The van der Waals surface area contributed by atoms with Crippen LogP contribution in [0.3, 0.4) is 0 Å². The highest BCUT2D eigenvalue weighted by Crippen LogP contribution is 2.08. The van der Waals surface area contributed by atoms with E-state index in [1.165, 1.54) is 11.3 Å². The summed E-state index contributed by atoms with van der Waals surface area (Å²) in [4.78, 5) is 0. The Morgan fingerprint density at radius 3 is 2.75 bits per heavy atom. The predicted octanol–water partition coefficient (Wildman–Crippen LogP) is 2.01. The summed E-state index contributed by atoms with van der Waals surface area (Å²) in [6.45, 7) is 4.20. The molecule has 44 valence electrons. The molecule has 0 unspecified atom stereocenters. The second kappa shape index (κ2) is 2.27. The molecule has 0 aromatic carbocycles. The Kier molecular flexibility index (Phi) is 1.63. The van der Waals surface area contributed by atoms with Gasteiger partial charge in [0.15, 0.2) is 0 Å². The van der Waals surface area contributed by atoms with Gasteiger partial charge < -0.3 is 0 Å². The molecule has 0 aliphatic heterocycles. The van der Waals surface area contributed by atoms with Crippen molar-refractivity contribution >= 4 is 11.5 Å². The summed E-state index contributed by atoms with van der Waals surface area (Å²) >= 11 is 1.54. The molecule has 1 aromatic heterocycles. The monoisotopic (exact) mass is 127 g/mol. The van der Waals surface area contributed by atoms with Crippen molar-refractivity contribution in [2.24, 2.45) is 0 Å². The molecule has 8 heavy (non-hydrogen) atoms. The third-order valence-corrected chi connectivity index (χ3v) is 2.00. The van der Waals surface area contributed by atoms with Crippen LogP contribution in [0.25, 0.3) is 0 Å². The number of rotatable bonds is 1. The van der Waals surface area contributed by atoms with Gasteiger partial charge in [-0.15, -0.1) is 0 Å². The highest BCUT2D eigenvalue weighted by molar-refractivity contribution is 7.03. The van der Waals surface area contributed by atoms with E-state index in [2.05, 4.69) is 23.6 Å². The molecule has 0 aliphatic carbocycles. The van der Waals surface area contributed by atoms with Crippen LogP contribution >= 0.6 is 11.5 Å². The zero-order valence-electron chi connectivity index (χ0n) is 5.14. The first-order valence-corrected chi connectivity index (χ1v) is 3.58. The van der Waals surface area contributed by atoms with Gasteiger partial charge in [-0.05, 0) is 30.4 Å². The van der Waals surface area contributed by atoms with Crippen molar-refractivity contribution in [2.75, 3.05) is 0 Å². The minimum absolute atomic E-state index is 1.11. The molecule has 0 bridgehead atoms. The van der Waals surface area contributed by atoms with E-state index in [4.69, 9.17) is 0 Å². The third kappa shape index (κ3) is 0.892. The molecule has 0 fully saturated rings.